The molecule has 2 aromatic rings. The van der Waals surface area contributed by atoms with Gasteiger partial charge in [-0.3, -0.25) is 0 Å². The number of nitrogens with zero attached hydrogens (tertiary/aromatic N) is 2. The van der Waals surface area contributed by atoms with Crippen molar-refractivity contribution < 1.29 is 9.47 Å². The van der Waals surface area contributed by atoms with Crippen LogP contribution in [0.3, 0.4) is 0 Å². The summed E-state index contributed by atoms with van der Waals surface area (Å²) in [4.78, 5) is 8.18. The fourth-order valence-electron chi connectivity index (χ4n) is 1.59. The second-order valence-corrected chi connectivity index (χ2v) is 4.15. The van der Waals surface area contributed by atoms with Gasteiger partial charge in [-0.15, -0.1) is 0 Å². The van der Waals surface area contributed by atoms with Crippen molar-refractivity contribution in [2.75, 3.05) is 7.11 Å². The molecule has 0 radical (unpaired) electrons. The lowest BCUT2D eigenvalue weighted by atomic mass is 10.1. The van der Waals surface area contributed by atoms with E-state index in [-0.39, 0.29) is 6.10 Å². The minimum atomic E-state index is 0.160. The molecular weight excluding hydrogens is 228 g/mol. The molecule has 0 saturated carbocycles. The number of methoxy groups -OCH3 is 1. The maximum absolute atomic E-state index is 5.66. The van der Waals surface area contributed by atoms with Crippen LogP contribution in [0.4, 0.5) is 0 Å². The molecule has 94 valence electrons. The molecule has 0 unspecified atom stereocenters. The lowest BCUT2D eigenvalue weighted by Gasteiger charge is -2.10. The highest BCUT2D eigenvalue weighted by atomic mass is 16.5. The van der Waals surface area contributed by atoms with E-state index < -0.39 is 0 Å². The van der Waals surface area contributed by atoms with Crippen molar-refractivity contribution in [3.63, 3.8) is 0 Å². The third-order valence-electron chi connectivity index (χ3n) is 2.35. The first-order chi connectivity index (χ1) is 8.69. The summed E-state index contributed by atoms with van der Waals surface area (Å²) in [5, 5.41) is 0. The van der Waals surface area contributed by atoms with Crippen LogP contribution in [-0.2, 0) is 0 Å². The Labute approximate surface area is 107 Å². The quantitative estimate of drug-likeness (QED) is 0.829. The van der Waals surface area contributed by atoms with Crippen LogP contribution in [-0.4, -0.2) is 23.2 Å². The Kier molecular flexibility index (Phi) is 3.77. The van der Waals surface area contributed by atoms with E-state index >= 15 is 0 Å². The summed E-state index contributed by atoms with van der Waals surface area (Å²) in [6.07, 6.45) is 3.63. The second-order valence-electron chi connectivity index (χ2n) is 4.15. The maximum atomic E-state index is 5.66. The van der Waals surface area contributed by atoms with Gasteiger partial charge in [0.25, 0.3) is 0 Å². The molecule has 1 heterocycles. The number of hydrogen-bond acceptors (Lipinski definition) is 4. The van der Waals surface area contributed by atoms with E-state index in [1.54, 1.807) is 19.5 Å². The summed E-state index contributed by atoms with van der Waals surface area (Å²) in [6, 6.07) is 8.24. The van der Waals surface area contributed by atoms with Crippen molar-refractivity contribution >= 4 is 0 Å². The molecule has 1 aromatic heterocycles. The standard InChI is InChI=1S/C14H16N2O2/c1-10(2)18-13-6-4-5-11(7-13)12-8-15-14(17-3)16-9-12/h4-10H,1-3H3. The highest BCUT2D eigenvalue weighted by molar-refractivity contribution is 5.63. The van der Waals surface area contributed by atoms with E-state index in [4.69, 9.17) is 9.47 Å². The molecule has 0 aliphatic carbocycles. The topological polar surface area (TPSA) is 44.2 Å². The lowest BCUT2D eigenvalue weighted by molar-refractivity contribution is 0.242. The van der Waals surface area contributed by atoms with Crippen LogP contribution in [0.5, 0.6) is 11.8 Å². The average molecular weight is 244 g/mol. The van der Waals surface area contributed by atoms with Gasteiger partial charge in [-0.05, 0) is 31.5 Å². The van der Waals surface area contributed by atoms with E-state index in [1.165, 1.54) is 0 Å². The molecule has 18 heavy (non-hydrogen) atoms. The van der Waals surface area contributed by atoms with Crippen LogP contribution >= 0.6 is 0 Å². The Balaban J connectivity index is 2.26. The third-order valence-corrected chi connectivity index (χ3v) is 2.35. The largest absolute Gasteiger partial charge is 0.491 e. The van der Waals surface area contributed by atoms with Crippen molar-refractivity contribution in [1.82, 2.24) is 9.97 Å². The molecule has 1 aromatic carbocycles. The normalized spacial score (nSPS) is 10.4. The van der Waals surface area contributed by atoms with Gasteiger partial charge in [0, 0.05) is 18.0 Å². The second kappa shape index (κ2) is 5.49. The van der Waals surface area contributed by atoms with Gasteiger partial charge in [-0.25, -0.2) is 9.97 Å². The van der Waals surface area contributed by atoms with Crippen LogP contribution in [0.15, 0.2) is 36.7 Å². The van der Waals surface area contributed by atoms with Crippen LogP contribution in [0.2, 0.25) is 0 Å². The van der Waals surface area contributed by atoms with Crippen LogP contribution < -0.4 is 9.47 Å². The Bertz CT molecular complexity index is 509. The Morgan fingerprint density at radius 3 is 2.39 bits per heavy atom. The smallest absolute Gasteiger partial charge is 0.316 e. The fraction of sp³-hybridized carbons (Fsp3) is 0.286. The molecular formula is C14H16N2O2. The Morgan fingerprint density at radius 1 is 1.06 bits per heavy atom. The number of hydrogen-bond donors (Lipinski definition) is 0. The van der Waals surface area contributed by atoms with Crippen LogP contribution in [0.1, 0.15) is 13.8 Å². The highest BCUT2D eigenvalue weighted by Gasteiger charge is 2.03. The van der Waals surface area contributed by atoms with E-state index in [2.05, 4.69) is 9.97 Å². The van der Waals surface area contributed by atoms with Crippen molar-refractivity contribution in [3.8, 4) is 22.9 Å². The number of benzene rings is 1. The average Bonchev–Trinajstić information content (AvgIpc) is 2.38. The van der Waals surface area contributed by atoms with Gasteiger partial charge in [-0.1, -0.05) is 12.1 Å². The predicted octanol–water partition coefficient (Wildman–Crippen LogP) is 2.94. The first kappa shape index (κ1) is 12.4. The fourth-order valence-corrected chi connectivity index (χ4v) is 1.59. The first-order valence-corrected chi connectivity index (χ1v) is 5.82. The van der Waals surface area contributed by atoms with Gasteiger partial charge in [-0.2, -0.15) is 0 Å². The summed E-state index contributed by atoms with van der Waals surface area (Å²) < 4.78 is 10.6. The van der Waals surface area contributed by atoms with Gasteiger partial charge in [0.15, 0.2) is 0 Å². The van der Waals surface area contributed by atoms with Gasteiger partial charge in [0.1, 0.15) is 5.75 Å². The van der Waals surface area contributed by atoms with Gasteiger partial charge in [0.2, 0.25) is 0 Å². The Hall–Kier alpha value is -2.10. The zero-order chi connectivity index (χ0) is 13.0. The minimum Gasteiger partial charge on any atom is -0.491 e. The van der Waals surface area contributed by atoms with Gasteiger partial charge >= 0.3 is 6.01 Å². The maximum Gasteiger partial charge on any atom is 0.316 e. The van der Waals surface area contributed by atoms with Gasteiger partial charge < -0.3 is 9.47 Å². The molecule has 0 aliphatic heterocycles. The summed E-state index contributed by atoms with van der Waals surface area (Å²) in [6.45, 7) is 4.01. The first-order valence-electron chi connectivity index (χ1n) is 5.82. The number of aromatic nitrogens is 2. The molecule has 0 atom stereocenters. The SMILES string of the molecule is COc1ncc(-c2cccc(OC(C)C)c2)cn1. The van der Waals surface area contributed by atoms with E-state index in [1.807, 2.05) is 38.1 Å². The van der Waals surface area contributed by atoms with Crippen molar-refractivity contribution in [2.24, 2.45) is 0 Å². The molecule has 0 saturated heterocycles. The molecule has 0 spiro atoms. The number of rotatable bonds is 4. The van der Waals surface area contributed by atoms with Crippen molar-refractivity contribution in [1.29, 1.82) is 0 Å². The molecule has 0 N–H and O–H groups in total. The predicted molar refractivity (Wildman–Crippen MR) is 69.8 cm³/mol. The monoisotopic (exact) mass is 244 g/mol. The Morgan fingerprint density at radius 2 is 1.78 bits per heavy atom. The lowest BCUT2D eigenvalue weighted by Crippen LogP contribution is -2.05. The third kappa shape index (κ3) is 2.97. The summed E-state index contributed by atoms with van der Waals surface area (Å²) >= 11 is 0. The number of ether oxygens (including phenoxy) is 2. The minimum absolute atomic E-state index is 0.160. The molecule has 4 nitrogen and oxygen atoms in total. The van der Waals surface area contributed by atoms with E-state index in [0.717, 1.165) is 16.9 Å². The van der Waals surface area contributed by atoms with Crippen molar-refractivity contribution in [3.05, 3.63) is 36.7 Å². The molecule has 2 rings (SSSR count). The van der Waals surface area contributed by atoms with Gasteiger partial charge in [0.05, 0.1) is 13.2 Å². The summed E-state index contributed by atoms with van der Waals surface area (Å²) in [7, 11) is 1.55. The zero-order valence-electron chi connectivity index (χ0n) is 10.8. The van der Waals surface area contributed by atoms with Crippen molar-refractivity contribution in [2.45, 2.75) is 20.0 Å². The molecule has 4 heteroatoms. The molecule has 0 aliphatic rings. The molecule has 0 bridgehead atoms. The van der Waals surface area contributed by atoms with E-state index in [9.17, 15) is 0 Å². The summed E-state index contributed by atoms with van der Waals surface area (Å²) in [5.74, 6) is 0.846. The molecule has 0 amide bonds. The van der Waals surface area contributed by atoms with Crippen LogP contribution in [0, 0.1) is 0 Å². The zero-order valence-corrected chi connectivity index (χ0v) is 10.8. The highest BCUT2D eigenvalue weighted by Crippen LogP contribution is 2.23. The molecule has 0 fully saturated rings. The van der Waals surface area contributed by atoms with E-state index in [0.29, 0.717) is 6.01 Å². The van der Waals surface area contributed by atoms with Crippen LogP contribution in [0.25, 0.3) is 11.1 Å². The summed E-state index contributed by atoms with van der Waals surface area (Å²) in [5.41, 5.74) is 1.96.